The number of ether oxygens (including phenoxy) is 1. The Balaban J connectivity index is 2.29. The molecule has 0 N–H and O–H groups in total. The van der Waals surface area contributed by atoms with Crippen LogP contribution in [0.3, 0.4) is 0 Å². The number of para-hydroxylation sites is 1. The van der Waals surface area contributed by atoms with Gasteiger partial charge in [-0.15, -0.1) is 11.8 Å². The molecule has 0 saturated heterocycles. The predicted molar refractivity (Wildman–Crippen MR) is 73.8 cm³/mol. The number of hydrogen-bond donors (Lipinski definition) is 0. The average Bonchev–Trinajstić information content (AvgIpc) is 2.47. The van der Waals surface area contributed by atoms with Crippen LogP contribution in [0.1, 0.15) is 12.0 Å². The van der Waals surface area contributed by atoms with Gasteiger partial charge in [-0.25, -0.2) is 0 Å². The Bertz CT molecular complexity index is 649. The number of aromatic nitrogens is 1. The van der Waals surface area contributed by atoms with Crippen molar-refractivity contribution in [3.05, 3.63) is 36.0 Å². The molecular formula is C14H12N2O2S. The van der Waals surface area contributed by atoms with Crippen molar-refractivity contribution in [2.45, 2.75) is 11.3 Å². The Kier molecular flexibility index (Phi) is 4.37. The molecule has 2 aromatic rings. The Morgan fingerprint density at radius 3 is 3.00 bits per heavy atom. The number of esters is 1. The third-order valence-corrected chi connectivity index (χ3v) is 3.76. The lowest BCUT2D eigenvalue weighted by molar-refractivity contribution is -0.140. The molecule has 2 rings (SSSR count). The first-order valence-corrected chi connectivity index (χ1v) is 6.72. The van der Waals surface area contributed by atoms with E-state index in [0.29, 0.717) is 17.7 Å². The summed E-state index contributed by atoms with van der Waals surface area (Å²) < 4.78 is 4.60. The van der Waals surface area contributed by atoms with Crippen LogP contribution in [-0.4, -0.2) is 23.8 Å². The summed E-state index contributed by atoms with van der Waals surface area (Å²) in [5, 5.41) is 10.1. The number of rotatable bonds is 4. The van der Waals surface area contributed by atoms with Crippen molar-refractivity contribution >= 4 is 28.6 Å². The first-order chi connectivity index (χ1) is 9.26. The van der Waals surface area contributed by atoms with Gasteiger partial charge < -0.3 is 4.74 Å². The Labute approximate surface area is 115 Å². The van der Waals surface area contributed by atoms with E-state index in [-0.39, 0.29) is 5.97 Å². The fourth-order valence-electron chi connectivity index (χ4n) is 1.69. The summed E-state index contributed by atoms with van der Waals surface area (Å²) in [6.07, 6.45) is 1.89. The van der Waals surface area contributed by atoms with Gasteiger partial charge in [-0.3, -0.25) is 9.78 Å². The van der Waals surface area contributed by atoms with E-state index in [1.54, 1.807) is 6.20 Å². The Morgan fingerprint density at radius 1 is 1.47 bits per heavy atom. The third-order valence-electron chi connectivity index (χ3n) is 2.63. The quantitative estimate of drug-likeness (QED) is 0.632. The molecule has 5 heteroatoms. The number of nitriles is 1. The number of carbonyl (C=O) groups excluding carboxylic acids is 1. The summed E-state index contributed by atoms with van der Waals surface area (Å²) in [4.78, 5) is 16.2. The lowest BCUT2D eigenvalue weighted by Gasteiger charge is -2.07. The molecule has 0 unspecified atom stereocenters. The van der Waals surface area contributed by atoms with E-state index < -0.39 is 0 Å². The lowest BCUT2D eigenvalue weighted by atomic mass is 10.2. The van der Waals surface area contributed by atoms with Crippen molar-refractivity contribution < 1.29 is 9.53 Å². The molecule has 1 aromatic heterocycles. The van der Waals surface area contributed by atoms with Crippen LogP contribution in [-0.2, 0) is 9.53 Å². The number of thioether (sulfide) groups is 1. The lowest BCUT2D eigenvalue weighted by Crippen LogP contribution is -2.01. The molecule has 0 aliphatic rings. The van der Waals surface area contributed by atoms with Gasteiger partial charge in [-0.1, -0.05) is 18.2 Å². The average molecular weight is 272 g/mol. The number of nitrogens with zero attached hydrogens (tertiary/aromatic N) is 2. The van der Waals surface area contributed by atoms with Gasteiger partial charge in [-0.2, -0.15) is 5.26 Å². The number of methoxy groups -OCH3 is 1. The van der Waals surface area contributed by atoms with Crippen molar-refractivity contribution in [2.24, 2.45) is 0 Å². The van der Waals surface area contributed by atoms with Gasteiger partial charge in [0.25, 0.3) is 0 Å². The molecule has 0 bridgehead atoms. The molecule has 0 amide bonds. The van der Waals surface area contributed by atoms with Gasteiger partial charge in [0.15, 0.2) is 0 Å². The second-order valence-corrected chi connectivity index (χ2v) is 4.91. The van der Waals surface area contributed by atoms with Crippen LogP contribution >= 0.6 is 11.8 Å². The van der Waals surface area contributed by atoms with Crippen LogP contribution in [0.5, 0.6) is 0 Å². The molecule has 0 aliphatic heterocycles. The van der Waals surface area contributed by atoms with E-state index in [2.05, 4.69) is 15.8 Å². The monoisotopic (exact) mass is 272 g/mol. The van der Waals surface area contributed by atoms with E-state index in [9.17, 15) is 4.79 Å². The zero-order valence-electron chi connectivity index (χ0n) is 10.4. The highest BCUT2D eigenvalue weighted by molar-refractivity contribution is 7.99. The molecule has 19 heavy (non-hydrogen) atoms. The summed E-state index contributed by atoms with van der Waals surface area (Å²) in [6, 6.07) is 9.80. The summed E-state index contributed by atoms with van der Waals surface area (Å²) in [7, 11) is 1.37. The number of benzene rings is 1. The number of fused-ring (bicyclic) bond motifs is 1. The van der Waals surface area contributed by atoms with Gasteiger partial charge in [0, 0.05) is 22.2 Å². The van der Waals surface area contributed by atoms with E-state index in [1.165, 1.54) is 18.9 Å². The van der Waals surface area contributed by atoms with Gasteiger partial charge >= 0.3 is 5.97 Å². The van der Waals surface area contributed by atoms with Gasteiger partial charge in [0.05, 0.1) is 24.6 Å². The molecule has 0 fully saturated rings. The smallest absolute Gasteiger partial charge is 0.306 e. The number of carbonyl (C=O) groups is 1. The minimum absolute atomic E-state index is 0.246. The normalized spacial score (nSPS) is 10.1. The highest BCUT2D eigenvalue weighted by Gasteiger charge is 2.10. The van der Waals surface area contributed by atoms with E-state index in [4.69, 9.17) is 5.26 Å². The van der Waals surface area contributed by atoms with Crippen LogP contribution in [0, 0.1) is 11.3 Å². The van der Waals surface area contributed by atoms with Crippen LogP contribution < -0.4 is 0 Å². The molecule has 96 valence electrons. The fourth-order valence-corrected chi connectivity index (χ4v) is 2.74. The van der Waals surface area contributed by atoms with Gasteiger partial charge in [0.2, 0.25) is 0 Å². The van der Waals surface area contributed by atoms with Crippen LogP contribution in [0.2, 0.25) is 0 Å². The zero-order valence-corrected chi connectivity index (χ0v) is 11.2. The van der Waals surface area contributed by atoms with Crippen molar-refractivity contribution in [1.82, 2.24) is 4.98 Å². The van der Waals surface area contributed by atoms with E-state index >= 15 is 0 Å². The van der Waals surface area contributed by atoms with Crippen molar-refractivity contribution in [3.63, 3.8) is 0 Å². The summed E-state index contributed by atoms with van der Waals surface area (Å²) in [5.41, 5.74) is 1.38. The minimum atomic E-state index is -0.246. The molecular weight excluding hydrogens is 260 g/mol. The molecule has 1 aromatic carbocycles. The molecule has 1 heterocycles. The topological polar surface area (TPSA) is 63.0 Å². The molecule has 0 aliphatic carbocycles. The number of hydrogen-bond acceptors (Lipinski definition) is 5. The van der Waals surface area contributed by atoms with E-state index in [0.717, 1.165) is 15.8 Å². The highest BCUT2D eigenvalue weighted by Crippen LogP contribution is 2.30. The third kappa shape index (κ3) is 3.04. The SMILES string of the molecule is COC(=O)CCSc1c(C#N)cnc2ccccc12. The summed E-state index contributed by atoms with van der Waals surface area (Å²) in [5.74, 6) is 0.333. The summed E-state index contributed by atoms with van der Waals surface area (Å²) in [6.45, 7) is 0. The predicted octanol–water partition coefficient (Wildman–Crippen LogP) is 2.76. The number of pyridine rings is 1. The highest BCUT2D eigenvalue weighted by atomic mass is 32.2. The molecule has 0 radical (unpaired) electrons. The van der Waals surface area contributed by atoms with Crippen molar-refractivity contribution in [3.8, 4) is 6.07 Å². The van der Waals surface area contributed by atoms with E-state index in [1.807, 2.05) is 24.3 Å². The first-order valence-electron chi connectivity index (χ1n) is 5.73. The zero-order chi connectivity index (χ0) is 13.7. The standard InChI is InChI=1S/C14H12N2O2S/c1-18-13(17)6-7-19-14-10(8-15)9-16-12-5-3-2-4-11(12)14/h2-5,9H,6-7H2,1H3. The van der Waals surface area contributed by atoms with Crippen LogP contribution in [0.25, 0.3) is 10.9 Å². The second-order valence-electron chi connectivity index (χ2n) is 3.80. The largest absolute Gasteiger partial charge is 0.469 e. The Hall–Kier alpha value is -2.06. The van der Waals surface area contributed by atoms with Gasteiger partial charge in [-0.05, 0) is 6.07 Å². The molecule has 0 saturated carbocycles. The molecule has 0 atom stereocenters. The van der Waals surface area contributed by atoms with Crippen LogP contribution in [0.15, 0.2) is 35.4 Å². The van der Waals surface area contributed by atoms with Crippen molar-refractivity contribution in [2.75, 3.05) is 12.9 Å². The summed E-state index contributed by atoms with van der Waals surface area (Å²) >= 11 is 1.48. The van der Waals surface area contributed by atoms with Gasteiger partial charge in [0.1, 0.15) is 6.07 Å². The molecule has 4 nitrogen and oxygen atoms in total. The first kappa shape index (κ1) is 13.4. The maximum absolute atomic E-state index is 11.1. The molecule has 0 spiro atoms. The Morgan fingerprint density at radius 2 is 2.26 bits per heavy atom. The maximum atomic E-state index is 11.1. The second kappa shape index (κ2) is 6.21. The maximum Gasteiger partial charge on any atom is 0.306 e. The van der Waals surface area contributed by atoms with Crippen molar-refractivity contribution in [1.29, 1.82) is 5.26 Å². The fraction of sp³-hybridized carbons (Fsp3) is 0.214. The minimum Gasteiger partial charge on any atom is -0.469 e. The van der Waals surface area contributed by atoms with Crippen LogP contribution in [0.4, 0.5) is 0 Å².